The molecule has 0 amide bonds. The summed E-state index contributed by atoms with van der Waals surface area (Å²) < 4.78 is 48.1. The smallest absolute Gasteiger partial charge is 0.367 e. The molecule has 0 saturated carbocycles. The molecule has 0 aliphatic carbocycles. The Morgan fingerprint density at radius 1 is 1.00 bits per heavy atom. The van der Waals surface area contributed by atoms with Gasteiger partial charge in [0.2, 0.25) is 0 Å². The Bertz CT molecular complexity index is 524. The average molecular weight is 415 g/mol. The van der Waals surface area contributed by atoms with Crippen molar-refractivity contribution in [2.24, 2.45) is 0 Å². The molecule has 0 bridgehead atoms. The highest BCUT2D eigenvalue weighted by Crippen LogP contribution is 2.68. The zero-order valence-electron chi connectivity index (χ0n) is 13.8. The van der Waals surface area contributed by atoms with E-state index in [9.17, 15) is 22.7 Å². The van der Waals surface area contributed by atoms with Crippen LogP contribution in [0.3, 0.4) is 0 Å². The first-order valence-electron chi connectivity index (χ1n) is 6.90. The van der Waals surface area contributed by atoms with Crippen molar-refractivity contribution in [1.82, 2.24) is 4.90 Å². The first-order valence-corrected chi connectivity index (χ1v) is 12.0. The fourth-order valence-electron chi connectivity index (χ4n) is 1.55. The van der Waals surface area contributed by atoms with Gasteiger partial charge in [0, 0.05) is 13.0 Å². The van der Waals surface area contributed by atoms with Crippen molar-refractivity contribution in [3.8, 4) is 0 Å². The molecule has 0 unspecified atom stereocenters. The Kier molecular flexibility index (Phi) is 11.3. The van der Waals surface area contributed by atoms with Crippen LogP contribution in [0.5, 0.6) is 0 Å². The van der Waals surface area contributed by atoms with Gasteiger partial charge in [-0.15, -0.1) is 0 Å². The van der Waals surface area contributed by atoms with Crippen LogP contribution in [0.15, 0.2) is 0 Å². The van der Waals surface area contributed by atoms with E-state index in [0.717, 1.165) is 19.3 Å². The number of hydrogen-bond acceptors (Lipinski definition) is 6. The van der Waals surface area contributed by atoms with Gasteiger partial charge < -0.3 is 29.6 Å². The first kappa shape index (κ1) is 26.4. The minimum absolute atomic E-state index is 0.0174. The number of rotatable bonds is 9. The average Bonchev–Trinajstić information content (AvgIpc) is 2.31. The lowest BCUT2D eigenvalue weighted by atomic mass is 10.2. The van der Waals surface area contributed by atoms with Gasteiger partial charge in [0.15, 0.2) is 0 Å². The van der Waals surface area contributed by atoms with Crippen molar-refractivity contribution in [2.45, 2.75) is 37.7 Å². The molecule has 0 atom stereocenters. The Morgan fingerprint density at radius 3 is 1.67 bits per heavy atom. The molecule has 0 fully saturated rings. The topological polar surface area (TPSA) is 193 Å². The third-order valence-corrected chi connectivity index (χ3v) is 6.78. The van der Waals surface area contributed by atoms with Crippen LogP contribution in [0, 0.1) is 0 Å². The SMILES string of the molecule is CCCCCN(C)CCC(O)(P(=O)(O)O)P(=O)(O)O.CS(=O)(=O)O. The van der Waals surface area contributed by atoms with E-state index in [0.29, 0.717) is 12.8 Å². The van der Waals surface area contributed by atoms with Crippen molar-refractivity contribution < 1.29 is 46.8 Å². The van der Waals surface area contributed by atoms with E-state index >= 15 is 0 Å². The second-order valence-corrected chi connectivity index (χ2v) is 10.8. The van der Waals surface area contributed by atoms with Gasteiger partial charge in [-0.2, -0.15) is 8.42 Å². The third-order valence-electron chi connectivity index (χ3n) is 2.91. The predicted octanol–water partition coefficient (Wildman–Crippen LogP) is 0.00400. The molecular formula is C10H27NO10P2S. The van der Waals surface area contributed by atoms with Crippen LogP contribution >= 0.6 is 15.2 Å². The summed E-state index contributed by atoms with van der Waals surface area (Å²) in [5.41, 5.74) is 0. The van der Waals surface area contributed by atoms with Crippen LogP contribution in [-0.2, 0) is 19.2 Å². The molecule has 24 heavy (non-hydrogen) atoms. The van der Waals surface area contributed by atoms with Crippen LogP contribution in [0.4, 0.5) is 0 Å². The van der Waals surface area contributed by atoms with E-state index in [4.69, 9.17) is 24.1 Å². The Morgan fingerprint density at radius 2 is 1.38 bits per heavy atom. The Labute approximate surface area is 141 Å². The first-order chi connectivity index (χ1) is 10.5. The maximum atomic E-state index is 11.1. The summed E-state index contributed by atoms with van der Waals surface area (Å²) in [6.45, 7) is 2.64. The predicted molar refractivity (Wildman–Crippen MR) is 88.1 cm³/mol. The standard InChI is InChI=1S/C9H23NO7P2.CH4O3S/c1-3-4-5-7-10(2)8-6-9(11,18(12,13)14)19(15,16)17;1-5(2,3)4/h11H,3-8H2,1-2H3,(H2,12,13,14)(H2,15,16,17);1H3,(H,2,3,4). The summed E-state index contributed by atoms with van der Waals surface area (Å²) in [5.74, 6) is 0. The minimum Gasteiger partial charge on any atom is -0.367 e. The molecular weight excluding hydrogens is 388 g/mol. The van der Waals surface area contributed by atoms with E-state index < -0.39 is 36.8 Å². The second kappa shape index (κ2) is 10.3. The zero-order chi connectivity index (χ0) is 19.8. The quantitative estimate of drug-likeness (QED) is 0.169. The summed E-state index contributed by atoms with van der Waals surface area (Å²) in [6.07, 6.45) is 2.91. The summed E-state index contributed by atoms with van der Waals surface area (Å²) in [5, 5.41) is 6.35. The van der Waals surface area contributed by atoms with Crippen molar-refractivity contribution >= 4 is 25.3 Å². The van der Waals surface area contributed by atoms with Gasteiger partial charge in [0.1, 0.15) is 0 Å². The summed E-state index contributed by atoms with van der Waals surface area (Å²) >= 11 is 0. The molecule has 0 aliphatic heterocycles. The van der Waals surface area contributed by atoms with Crippen LogP contribution in [0.2, 0.25) is 0 Å². The Balaban J connectivity index is 0. The van der Waals surface area contributed by atoms with E-state index in [-0.39, 0.29) is 6.54 Å². The number of hydrogen-bond donors (Lipinski definition) is 6. The highest BCUT2D eigenvalue weighted by atomic mass is 32.2. The molecule has 0 saturated heterocycles. The zero-order valence-corrected chi connectivity index (χ0v) is 16.4. The molecule has 14 heteroatoms. The normalized spacial score (nSPS) is 13.6. The van der Waals surface area contributed by atoms with E-state index in [2.05, 4.69) is 0 Å². The summed E-state index contributed by atoms with van der Waals surface area (Å²) in [6, 6.07) is 0. The lowest BCUT2D eigenvalue weighted by Crippen LogP contribution is -2.34. The van der Waals surface area contributed by atoms with Gasteiger partial charge in [0.25, 0.3) is 15.2 Å². The minimum atomic E-state index is -5.33. The lowest BCUT2D eigenvalue weighted by molar-refractivity contribution is 0.112. The molecule has 0 aromatic carbocycles. The molecule has 0 heterocycles. The highest BCUT2D eigenvalue weighted by molar-refractivity contribution is 7.85. The van der Waals surface area contributed by atoms with E-state index in [1.54, 1.807) is 11.9 Å². The van der Waals surface area contributed by atoms with Crippen LogP contribution in [-0.4, -0.2) is 74.0 Å². The van der Waals surface area contributed by atoms with Crippen molar-refractivity contribution in [3.05, 3.63) is 0 Å². The van der Waals surface area contributed by atoms with Gasteiger partial charge in [-0.05, 0) is 20.0 Å². The van der Waals surface area contributed by atoms with Crippen molar-refractivity contribution in [3.63, 3.8) is 0 Å². The fraction of sp³-hybridized carbons (Fsp3) is 1.00. The maximum Gasteiger partial charge on any atom is 0.369 e. The number of unbranched alkanes of at least 4 members (excludes halogenated alkanes) is 2. The van der Waals surface area contributed by atoms with Gasteiger partial charge in [-0.3, -0.25) is 13.7 Å². The van der Waals surface area contributed by atoms with Gasteiger partial charge in [-0.1, -0.05) is 19.8 Å². The molecule has 0 aliphatic rings. The van der Waals surface area contributed by atoms with E-state index in [1.807, 2.05) is 6.92 Å². The molecule has 6 N–H and O–H groups in total. The molecule has 11 nitrogen and oxygen atoms in total. The number of nitrogens with zero attached hydrogens (tertiary/aromatic N) is 1. The van der Waals surface area contributed by atoms with Crippen LogP contribution in [0.25, 0.3) is 0 Å². The van der Waals surface area contributed by atoms with Gasteiger partial charge >= 0.3 is 15.2 Å². The maximum absolute atomic E-state index is 11.1. The molecule has 0 aromatic heterocycles. The molecule has 148 valence electrons. The second-order valence-electron chi connectivity index (χ2n) is 5.36. The highest BCUT2D eigenvalue weighted by Gasteiger charge is 2.58. The monoisotopic (exact) mass is 415 g/mol. The third kappa shape index (κ3) is 11.6. The largest absolute Gasteiger partial charge is 0.369 e. The molecule has 0 radical (unpaired) electrons. The van der Waals surface area contributed by atoms with Crippen molar-refractivity contribution in [1.29, 1.82) is 0 Å². The summed E-state index contributed by atoms with van der Waals surface area (Å²) in [7, 11) is -12.7. The molecule has 0 aromatic rings. The number of aliphatic hydroxyl groups is 1. The fourth-order valence-corrected chi connectivity index (χ4v) is 3.69. The molecule has 0 rings (SSSR count). The molecule has 0 spiro atoms. The Hall–Kier alpha value is 0.130. The van der Waals surface area contributed by atoms with Gasteiger partial charge in [-0.25, -0.2) is 0 Å². The van der Waals surface area contributed by atoms with Gasteiger partial charge in [0.05, 0.1) is 6.26 Å². The summed E-state index contributed by atoms with van der Waals surface area (Å²) in [4.78, 5) is 37.5. The van der Waals surface area contributed by atoms with Crippen LogP contribution in [0.1, 0.15) is 32.6 Å². The van der Waals surface area contributed by atoms with Crippen LogP contribution < -0.4 is 0 Å². The van der Waals surface area contributed by atoms with E-state index in [1.165, 1.54) is 0 Å². The van der Waals surface area contributed by atoms with Crippen molar-refractivity contribution in [2.75, 3.05) is 26.4 Å². The lowest BCUT2D eigenvalue weighted by Gasteiger charge is -2.30.